The number of allylic oxidation sites excluding steroid dienone is 4. The fraction of sp³-hybridized carbons (Fsp3) is 0.765. The van der Waals surface area contributed by atoms with E-state index in [1.54, 1.807) is 5.57 Å². The van der Waals surface area contributed by atoms with Crippen molar-refractivity contribution in [2.24, 2.45) is 23.7 Å². The van der Waals surface area contributed by atoms with Crippen LogP contribution in [0.4, 0.5) is 0 Å². The smallest absolute Gasteiger partial charge is 0.0131 e. The predicted molar refractivity (Wildman–Crippen MR) is 71.7 cm³/mol. The SMILES string of the molecule is C1=C2C3=CC[C@@H]4CCC[C@H]4[C@@H]3CCC2CCC1. The molecule has 0 heteroatoms. The fourth-order valence-corrected chi connectivity index (χ4v) is 5.23. The molecule has 0 radical (unpaired) electrons. The van der Waals surface area contributed by atoms with Gasteiger partial charge in [0.2, 0.25) is 0 Å². The van der Waals surface area contributed by atoms with Gasteiger partial charge in [0.15, 0.2) is 0 Å². The lowest BCUT2D eigenvalue weighted by atomic mass is 9.62. The van der Waals surface area contributed by atoms with Crippen LogP contribution in [0.3, 0.4) is 0 Å². The number of fused-ring (bicyclic) bond motifs is 5. The standard InChI is InChI=1S/C17H24/c1-2-6-14-12(4-1)8-10-17-15-7-3-5-13(15)9-11-16(14)17/h6,11-13,15,17H,1-5,7-10H2/t12?,13-,15+,17-/m0/s1. The lowest BCUT2D eigenvalue weighted by Crippen LogP contribution is -2.31. The molecular weight excluding hydrogens is 204 g/mol. The first kappa shape index (κ1) is 10.4. The summed E-state index contributed by atoms with van der Waals surface area (Å²) in [5, 5.41) is 0. The molecule has 0 nitrogen and oxygen atoms in total. The van der Waals surface area contributed by atoms with Gasteiger partial charge in [0, 0.05) is 0 Å². The second kappa shape index (κ2) is 4.00. The van der Waals surface area contributed by atoms with E-state index in [0.717, 1.165) is 23.7 Å². The molecule has 0 aromatic carbocycles. The molecule has 4 rings (SSSR count). The average molecular weight is 228 g/mol. The van der Waals surface area contributed by atoms with Gasteiger partial charge in [0.05, 0.1) is 0 Å². The lowest BCUT2D eigenvalue weighted by Gasteiger charge is -2.43. The van der Waals surface area contributed by atoms with Crippen LogP contribution in [0, 0.1) is 23.7 Å². The Morgan fingerprint density at radius 3 is 2.82 bits per heavy atom. The summed E-state index contributed by atoms with van der Waals surface area (Å²) in [5.41, 5.74) is 3.63. The van der Waals surface area contributed by atoms with E-state index in [2.05, 4.69) is 12.2 Å². The van der Waals surface area contributed by atoms with Crippen molar-refractivity contribution in [3.8, 4) is 0 Å². The van der Waals surface area contributed by atoms with Crippen molar-refractivity contribution in [3.05, 3.63) is 23.3 Å². The van der Waals surface area contributed by atoms with Gasteiger partial charge in [-0.3, -0.25) is 0 Å². The molecule has 0 amide bonds. The zero-order chi connectivity index (χ0) is 11.2. The van der Waals surface area contributed by atoms with Gasteiger partial charge in [0.25, 0.3) is 0 Å². The molecule has 0 saturated heterocycles. The Balaban J connectivity index is 1.69. The van der Waals surface area contributed by atoms with Crippen LogP contribution in [0.5, 0.6) is 0 Å². The monoisotopic (exact) mass is 228 g/mol. The van der Waals surface area contributed by atoms with E-state index < -0.39 is 0 Å². The maximum absolute atomic E-state index is 2.65. The van der Waals surface area contributed by atoms with Crippen LogP contribution in [0.15, 0.2) is 23.3 Å². The van der Waals surface area contributed by atoms with Gasteiger partial charge in [-0.15, -0.1) is 0 Å². The zero-order valence-corrected chi connectivity index (χ0v) is 10.8. The highest BCUT2D eigenvalue weighted by Crippen LogP contribution is 2.54. The van der Waals surface area contributed by atoms with Crippen LogP contribution < -0.4 is 0 Å². The second-order valence-corrected chi connectivity index (χ2v) is 6.72. The molecule has 4 atom stereocenters. The normalized spacial score (nSPS) is 44.2. The van der Waals surface area contributed by atoms with Gasteiger partial charge in [-0.25, -0.2) is 0 Å². The predicted octanol–water partition coefficient (Wildman–Crippen LogP) is 4.87. The Morgan fingerprint density at radius 1 is 0.824 bits per heavy atom. The van der Waals surface area contributed by atoms with Crippen molar-refractivity contribution in [2.45, 2.75) is 57.8 Å². The van der Waals surface area contributed by atoms with Crippen molar-refractivity contribution < 1.29 is 0 Å². The van der Waals surface area contributed by atoms with E-state index in [1.807, 2.05) is 5.57 Å². The van der Waals surface area contributed by atoms with Crippen molar-refractivity contribution in [1.82, 2.24) is 0 Å². The van der Waals surface area contributed by atoms with Crippen molar-refractivity contribution in [2.75, 3.05) is 0 Å². The summed E-state index contributed by atoms with van der Waals surface area (Å²) in [7, 11) is 0. The molecule has 0 N–H and O–H groups in total. The Bertz CT molecular complexity index is 373. The van der Waals surface area contributed by atoms with E-state index in [9.17, 15) is 0 Å². The molecule has 2 fully saturated rings. The van der Waals surface area contributed by atoms with Gasteiger partial charge < -0.3 is 0 Å². The second-order valence-electron chi connectivity index (χ2n) is 6.72. The highest BCUT2D eigenvalue weighted by atomic mass is 14.5. The zero-order valence-electron chi connectivity index (χ0n) is 10.8. The van der Waals surface area contributed by atoms with E-state index in [1.165, 1.54) is 57.8 Å². The van der Waals surface area contributed by atoms with Crippen LogP contribution in [0.1, 0.15) is 57.8 Å². The van der Waals surface area contributed by atoms with Gasteiger partial charge in [0.1, 0.15) is 0 Å². The van der Waals surface area contributed by atoms with Gasteiger partial charge in [-0.2, -0.15) is 0 Å². The Hall–Kier alpha value is -0.520. The molecule has 17 heavy (non-hydrogen) atoms. The number of rotatable bonds is 0. The minimum atomic E-state index is 0.948. The highest BCUT2D eigenvalue weighted by Gasteiger charge is 2.42. The summed E-state index contributed by atoms with van der Waals surface area (Å²) < 4.78 is 0. The third-order valence-corrected chi connectivity index (χ3v) is 5.99. The quantitative estimate of drug-likeness (QED) is 0.555. The highest BCUT2D eigenvalue weighted by molar-refractivity contribution is 5.40. The molecule has 4 aliphatic rings. The van der Waals surface area contributed by atoms with Crippen molar-refractivity contribution in [1.29, 1.82) is 0 Å². The topological polar surface area (TPSA) is 0 Å². The minimum Gasteiger partial charge on any atom is -0.0808 e. The number of hydrogen-bond donors (Lipinski definition) is 0. The van der Waals surface area contributed by atoms with E-state index in [4.69, 9.17) is 0 Å². The minimum absolute atomic E-state index is 0.948. The molecule has 4 aliphatic carbocycles. The summed E-state index contributed by atoms with van der Waals surface area (Å²) in [5.74, 6) is 4.05. The largest absolute Gasteiger partial charge is 0.0808 e. The van der Waals surface area contributed by atoms with Gasteiger partial charge in [-0.1, -0.05) is 18.6 Å². The van der Waals surface area contributed by atoms with Gasteiger partial charge in [-0.05, 0) is 86.2 Å². The maximum atomic E-state index is 2.65. The molecule has 1 unspecified atom stereocenters. The van der Waals surface area contributed by atoms with Crippen LogP contribution in [0.2, 0.25) is 0 Å². The van der Waals surface area contributed by atoms with E-state index >= 15 is 0 Å². The molecule has 0 aromatic rings. The molecule has 0 aromatic heterocycles. The van der Waals surface area contributed by atoms with E-state index in [0.29, 0.717) is 0 Å². The first-order valence-electron chi connectivity index (χ1n) is 7.84. The fourth-order valence-electron chi connectivity index (χ4n) is 5.23. The molecule has 2 saturated carbocycles. The average Bonchev–Trinajstić information content (AvgIpc) is 2.86. The van der Waals surface area contributed by atoms with Crippen molar-refractivity contribution in [3.63, 3.8) is 0 Å². The third kappa shape index (κ3) is 1.56. The summed E-state index contributed by atoms with van der Waals surface area (Å²) >= 11 is 0. The Labute approximate surface area is 105 Å². The lowest BCUT2D eigenvalue weighted by molar-refractivity contribution is 0.229. The van der Waals surface area contributed by atoms with Gasteiger partial charge >= 0.3 is 0 Å². The third-order valence-electron chi connectivity index (χ3n) is 5.99. The van der Waals surface area contributed by atoms with Crippen molar-refractivity contribution >= 4 is 0 Å². The molecule has 0 heterocycles. The number of hydrogen-bond acceptors (Lipinski definition) is 0. The van der Waals surface area contributed by atoms with Crippen LogP contribution in [-0.2, 0) is 0 Å². The first-order chi connectivity index (χ1) is 8.43. The molecule has 92 valence electrons. The Morgan fingerprint density at radius 2 is 1.82 bits per heavy atom. The summed E-state index contributed by atoms with van der Waals surface area (Å²) in [6.07, 6.45) is 18.5. The molecular formula is C17H24. The van der Waals surface area contributed by atoms with Crippen LogP contribution >= 0.6 is 0 Å². The summed E-state index contributed by atoms with van der Waals surface area (Å²) in [4.78, 5) is 0. The Kier molecular flexibility index (Phi) is 2.45. The maximum Gasteiger partial charge on any atom is -0.0131 e. The first-order valence-corrected chi connectivity index (χ1v) is 7.84. The summed E-state index contributed by atoms with van der Waals surface area (Å²) in [6, 6.07) is 0. The molecule has 0 aliphatic heterocycles. The molecule has 0 bridgehead atoms. The van der Waals surface area contributed by atoms with Crippen LogP contribution in [0.25, 0.3) is 0 Å². The van der Waals surface area contributed by atoms with E-state index in [-0.39, 0.29) is 0 Å². The molecule has 0 spiro atoms. The van der Waals surface area contributed by atoms with Crippen LogP contribution in [-0.4, -0.2) is 0 Å². The summed E-state index contributed by atoms with van der Waals surface area (Å²) in [6.45, 7) is 0.